The molecule has 0 aliphatic heterocycles. The van der Waals surface area contributed by atoms with E-state index in [0.717, 1.165) is 31.3 Å². The van der Waals surface area contributed by atoms with Gasteiger partial charge in [0.05, 0.1) is 6.61 Å². The summed E-state index contributed by atoms with van der Waals surface area (Å²) in [7, 11) is 0. The van der Waals surface area contributed by atoms with Crippen LogP contribution in [0.15, 0.2) is 48.1 Å². The summed E-state index contributed by atoms with van der Waals surface area (Å²) in [6.45, 7) is 18.6. The molecule has 0 amide bonds. The van der Waals surface area contributed by atoms with Gasteiger partial charge in [0.2, 0.25) is 0 Å². The summed E-state index contributed by atoms with van der Waals surface area (Å²) in [6, 6.07) is 4.62. The molecule has 1 aromatic carbocycles. The fraction of sp³-hybridized carbons (Fsp3) is 0.552. The summed E-state index contributed by atoms with van der Waals surface area (Å²) in [5.74, 6) is 0.123. The third-order valence-corrected chi connectivity index (χ3v) is 5.33. The molecular weight excluding hydrogens is 396 g/mol. The predicted molar refractivity (Wildman–Crippen MR) is 137 cm³/mol. The molecule has 0 saturated heterocycles. The Kier molecular flexibility index (Phi) is 11.0. The van der Waals surface area contributed by atoms with E-state index in [9.17, 15) is 4.79 Å². The fourth-order valence-electron chi connectivity index (χ4n) is 3.57. The van der Waals surface area contributed by atoms with Gasteiger partial charge in [-0.1, -0.05) is 110 Å². The van der Waals surface area contributed by atoms with E-state index in [1.54, 1.807) is 6.08 Å². The Balaban J connectivity index is 3.25. The summed E-state index contributed by atoms with van der Waals surface area (Å²) >= 11 is 0. The monoisotopic (exact) mass is 440 g/mol. The minimum absolute atomic E-state index is 0.0199. The Morgan fingerprint density at radius 1 is 0.938 bits per heavy atom. The minimum Gasteiger partial charge on any atom is -0.493 e. The molecule has 0 saturated carbocycles. The molecule has 3 nitrogen and oxygen atoms in total. The standard InChI is InChI=1S/C29H44O3/c1-9-10-11-15-18-32-27-24(28(3,4)5)20-23(21-25(27)29(6,7)8)19-22(2)16-13-12-14-17-26(30)31/h12-14,16-17,20-21H,9-11,15,18-19H2,1-8H3,(H,30,31)/b13-12+,17-14+,22-16+. The molecule has 0 atom stereocenters. The lowest BCUT2D eigenvalue weighted by Gasteiger charge is -2.31. The van der Waals surface area contributed by atoms with Crippen LogP contribution in [0.3, 0.4) is 0 Å². The average molecular weight is 441 g/mol. The van der Waals surface area contributed by atoms with Crippen molar-refractivity contribution in [3.8, 4) is 5.75 Å². The van der Waals surface area contributed by atoms with Gasteiger partial charge in [-0.25, -0.2) is 4.79 Å². The highest BCUT2D eigenvalue weighted by Gasteiger charge is 2.27. The van der Waals surface area contributed by atoms with Crippen molar-refractivity contribution in [1.82, 2.24) is 0 Å². The number of carbonyl (C=O) groups is 1. The van der Waals surface area contributed by atoms with Crippen LogP contribution in [0.2, 0.25) is 0 Å². The van der Waals surface area contributed by atoms with Gasteiger partial charge in [-0.05, 0) is 36.2 Å². The summed E-state index contributed by atoms with van der Waals surface area (Å²) in [5, 5.41) is 8.67. The number of carboxylic acid groups (broad SMARTS) is 1. The molecule has 3 heteroatoms. The predicted octanol–water partition coefficient (Wildman–Crippen LogP) is 7.93. The first kappa shape index (κ1) is 27.7. The third-order valence-electron chi connectivity index (χ3n) is 5.33. The maximum atomic E-state index is 10.6. The number of ether oxygens (including phenoxy) is 1. The molecule has 1 aromatic rings. The second-order valence-electron chi connectivity index (χ2n) is 10.7. The van der Waals surface area contributed by atoms with Gasteiger partial charge in [0.25, 0.3) is 0 Å². The van der Waals surface area contributed by atoms with Gasteiger partial charge in [-0.3, -0.25) is 0 Å². The number of unbranched alkanes of at least 4 members (excludes halogenated alkanes) is 3. The largest absolute Gasteiger partial charge is 0.493 e. The highest BCUT2D eigenvalue weighted by atomic mass is 16.5. The molecule has 0 fully saturated rings. The van der Waals surface area contributed by atoms with E-state index in [1.807, 2.05) is 12.2 Å². The Bertz CT molecular complexity index is 792. The van der Waals surface area contributed by atoms with Crippen LogP contribution >= 0.6 is 0 Å². The second-order valence-corrected chi connectivity index (χ2v) is 10.7. The number of hydrogen-bond acceptors (Lipinski definition) is 2. The minimum atomic E-state index is -0.938. The average Bonchev–Trinajstić information content (AvgIpc) is 2.66. The number of hydrogen-bond donors (Lipinski definition) is 1. The molecule has 0 radical (unpaired) electrons. The lowest BCUT2D eigenvalue weighted by Crippen LogP contribution is -2.21. The van der Waals surface area contributed by atoms with Gasteiger partial charge in [-0.15, -0.1) is 0 Å². The second kappa shape index (κ2) is 12.7. The van der Waals surface area contributed by atoms with Crippen molar-refractivity contribution in [2.75, 3.05) is 6.61 Å². The van der Waals surface area contributed by atoms with E-state index >= 15 is 0 Å². The summed E-state index contributed by atoms with van der Waals surface area (Å²) < 4.78 is 6.46. The van der Waals surface area contributed by atoms with Gasteiger partial charge in [0, 0.05) is 17.2 Å². The van der Waals surface area contributed by atoms with Crippen LogP contribution in [-0.4, -0.2) is 17.7 Å². The fourth-order valence-corrected chi connectivity index (χ4v) is 3.57. The molecule has 0 unspecified atom stereocenters. The van der Waals surface area contributed by atoms with Crippen molar-refractivity contribution in [3.05, 3.63) is 64.8 Å². The van der Waals surface area contributed by atoms with Crippen LogP contribution in [0.5, 0.6) is 5.75 Å². The molecular formula is C29H44O3. The van der Waals surface area contributed by atoms with Gasteiger partial charge in [-0.2, -0.15) is 0 Å². The summed E-state index contributed by atoms with van der Waals surface area (Å²) in [5.41, 5.74) is 4.99. The molecule has 0 aliphatic rings. The number of rotatable bonds is 11. The molecule has 32 heavy (non-hydrogen) atoms. The summed E-state index contributed by atoms with van der Waals surface area (Å²) in [4.78, 5) is 10.6. The third kappa shape index (κ3) is 9.89. The molecule has 0 bridgehead atoms. The van der Waals surface area contributed by atoms with Gasteiger partial charge in [0.1, 0.15) is 5.75 Å². The lowest BCUT2D eigenvalue weighted by atomic mass is 9.78. The maximum absolute atomic E-state index is 10.6. The molecule has 178 valence electrons. The van der Waals surface area contributed by atoms with E-state index in [-0.39, 0.29) is 10.8 Å². The Morgan fingerprint density at radius 2 is 1.53 bits per heavy atom. The zero-order chi connectivity index (χ0) is 24.4. The Labute approximate surface area is 196 Å². The maximum Gasteiger partial charge on any atom is 0.328 e. The van der Waals surface area contributed by atoms with E-state index < -0.39 is 5.97 Å². The molecule has 0 aliphatic carbocycles. The van der Waals surface area contributed by atoms with Crippen molar-refractivity contribution in [2.45, 2.75) is 98.3 Å². The summed E-state index contributed by atoms with van der Waals surface area (Å²) in [6.07, 6.45) is 14.0. The highest BCUT2D eigenvalue weighted by molar-refractivity contribution is 5.80. The molecule has 0 spiro atoms. The smallest absolute Gasteiger partial charge is 0.328 e. The number of aliphatic carboxylic acids is 1. The van der Waals surface area contributed by atoms with Crippen molar-refractivity contribution in [3.63, 3.8) is 0 Å². The molecule has 1 N–H and O–H groups in total. The van der Waals surface area contributed by atoms with E-state index in [4.69, 9.17) is 9.84 Å². The van der Waals surface area contributed by atoms with Crippen LogP contribution < -0.4 is 4.74 Å². The van der Waals surface area contributed by atoms with Crippen LogP contribution in [0, 0.1) is 0 Å². The quantitative estimate of drug-likeness (QED) is 0.216. The highest BCUT2D eigenvalue weighted by Crippen LogP contribution is 2.41. The Hall–Kier alpha value is -2.29. The number of carboxylic acids is 1. The molecule has 0 aromatic heterocycles. The van der Waals surface area contributed by atoms with Crippen molar-refractivity contribution in [1.29, 1.82) is 0 Å². The van der Waals surface area contributed by atoms with Crippen LogP contribution in [0.1, 0.15) is 97.8 Å². The topological polar surface area (TPSA) is 46.5 Å². The number of benzene rings is 1. The van der Waals surface area contributed by atoms with Gasteiger partial charge >= 0.3 is 5.97 Å². The first-order valence-corrected chi connectivity index (χ1v) is 11.9. The zero-order valence-electron chi connectivity index (χ0n) is 21.5. The zero-order valence-corrected chi connectivity index (χ0v) is 21.5. The van der Waals surface area contributed by atoms with Crippen molar-refractivity contribution < 1.29 is 14.6 Å². The van der Waals surface area contributed by atoms with Gasteiger partial charge < -0.3 is 9.84 Å². The van der Waals surface area contributed by atoms with Crippen LogP contribution in [0.4, 0.5) is 0 Å². The molecule has 1 rings (SSSR count). The SMILES string of the molecule is CCCCCCOc1c(C(C)(C)C)cc(C/C(C)=C/C=C/C=C/C(=O)O)cc1C(C)(C)C. The van der Waals surface area contributed by atoms with Crippen molar-refractivity contribution in [2.24, 2.45) is 0 Å². The van der Waals surface area contributed by atoms with E-state index in [2.05, 4.69) is 67.5 Å². The molecule has 0 heterocycles. The van der Waals surface area contributed by atoms with Crippen LogP contribution in [0.25, 0.3) is 0 Å². The van der Waals surface area contributed by atoms with E-state index in [1.165, 1.54) is 47.6 Å². The normalized spacial score (nSPS) is 13.3. The first-order chi connectivity index (χ1) is 14.9. The van der Waals surface area contributed by atoms with Crippen molar-refractivity contribution >= 4 is 5.97 Å². The Morgan fingerprint density at radius 3 is 2.03 bits per heavy atom. The lowest BCUT2D eigenvalue weighted by molar-refractivity contribution is -0.131. The first-order valence-electron chi connectivity index (χ1n) is 11.9. The number of allylic oxidation sites excluding steroid dienone is 5. The van der Waals surface area contributed by atoms with Crippen LogP contribution in [-0.2, 0) is 22.0 Å². The van der Waals surface area contributed by atoms with E-state index in [0.29, 0.717) is 0 Å². The van der Waals surface area contributed by atoms with Gasteiger partial charge in [0.15, 0.2) is 0 Å².